The molecule has 0 saturated heterocycles. The number of hydrogen-bond donors (Lipinski definition) is 1. The molecule has 1 nitrogen and oxygen atoms in total. The van der Waals surface area contributed by atoms with Gasteiger partial charge >= 0.3 is 0 Å². The van der Waals surface area contributed by atoms with Crippen LogP contribution < -0.4 is 5.73 Å². The van der Waals surface area contributed by atoms with Crippen molar-refractivity contribution < 1.29 is 8.78 Å². The SMILES string of the molecule is NC(CCCc1ccccc1)c1cccc(F)c1F. The van der Waals surface area contributed by atoms with Crippen LogP contribution in [-0.2, 0) is 6.42 Å². The van der Waals surface area contributed by atoms with E-state index in [0.29, 0.717) is 6.42 Å². The van der Waals surface area contributed by atoms with Crippen LogP contribution in [-0.4, -0.2) is 0 Å². The maximum Gasteiger partial charge on any atom is 0.163 e. The first-order chi connectivity index (χ1) is 9.18. The third kappa shape index (κ3) is 3.61. The van der Waals surface area contributed by atoms with E-state index in [0.717, 1.165) is 18.9 Å². The number of benzene rings is 2. The quantitative estimate of drug-likeness (QED) is 0.865. The molecule has 0 bridgehead atoms. The Balaban J connectivity index is 1.91. The molecule has 0 fully saturated rings. The van der Waals surface area contributed by atoms with Crippen LogP contribution in [0.2, 0.25) is 0 Å². The van der Waals surface area contributed by atoms with Gasteiger partial charge in [-0.1, -0.05) is 42.5 Å². The minimum absolute atomic E-state index is 0.257. The number of rotatable bonds is 5. The zero-order chi connectivity index (χ0) is 13.7. The summed E-state index contributed by atoms with van der Waals surface area (Å²) in [5, 5.41) is 0. The van der Waals surface area contributed by atoms with Gasteiger partial charge in [0.05, 0.1) is 0 Å². The Hall–Kier alpha value is -1.74. The van der Waals surface area contributed by atoms with Gasteiger partial charge in [0.25, 0.3) is 0 Å². The number of hydrogen-bond acceptors (Lipinski definition) is 1. The third-order valence-corrected chi connectivity index (χ3v) is 3.20. The lowest BCUT2D eigenvalue weighted by Crippen LogP contribution is -2.13. The highest BCUT2D eigenvalue weighted by Crippen LogP contribution is 2.21. The lowest BCUT2D eigenvalue weighted by atomic mass is 9.99. The lowest BCUT2D eigenvalue weighted by Gasteiger charge is -2.13. The van der Waals surface area contributed by atoms with Crippen LogP contribution in [0.25, 0.3) is 0 Å². The minimum Gasteiger partial charge on any atom is -0.324 e. The molecular weight excluding hydrogens is 244 g/mol. The van der Waals surface area contributed by atoms with Crippen LogP contribution >= 0.6 is 0 Å². The molecule has 0 aliphatic heterocycles. The van der Waals surface area contributed by atoms with Crippen molar-refractivity contribution in [1.82, 2.24) is 0 Å². The molecule has 0 saturated carbocycles. The van der Waals surface area contributed by atoms with Gasteiger partial charge in [0.15, 0.2) is 11.6 Å². The molecule has 3 heteroatoms. The Bertz CT molecular complexity index is 526. The van der Waals surface area contributed by atoms with Gasteiger partial charge in [-0.25, -0.2) is 8.78 Å². The van der Waals surface area contributed by atoms with E-state index in [1.165, 1.54) is 11.6 Å². The van der Waals surface area contributed by atoms with E-state index >= 15 is 0 Å². The summed E-state index contributed by atoms with van der Waals surface area (Å²) in [6.07, 6.45) is 2.38. The molecule has 0 aromatic heterocycles. The van der Waals surface area contributed by atoms with E-state index in [4.69, 9.17) is 5.73 Å². The molecule has 1 unspecified atom stereocenters. The minimum atomic E-state index is -0.837. The Morgan fingerprint density at radius 2 is 1.68 bits per heavy atom. The second-order valence-corrected chi connectivity index (χ2v) is 4.63. The Morgan fingerprint density at radius 3 is 2.42 bits per heavy atom. The van der Waals surface area contributed by atoms with Gasteiger partial charge in [0.2, 0.25) is 0 Å². The largest absolute Gasteiger partial charge is 0.324 e. The summed E-state index contributed by atoms with van der Waals surface area (Å²) < 4.78 is 26.6. The summed E-state index contributed by atoms with van der Waals surface area (Å²) in [4.78, 5) is 0. The van der Waals surface area contributed by atoms with Crippen LogP contribution in [0.4, 0.5) is 8.78 Å². The molecular formula is C16H17F2N. The van der Waals surface area contributed by atoms with Crippen molar-refractivity contribution in [3.05, 3.63) is 71.3 Å². The fraction of sp³-hybridized carbons (Fsp3) is 0.250. The molecule has 0 spiro atoms. The second-order valence-electron chi connectivity index (χ2n) is 4.63. The normalized spacial score (nSPS) is 12.4. The molecule has 100 valence electrons. The van der Waals surface area contributed by atoms with Crippen molar-refractivity contribution in [1.29, 1.82) is 0 Å². The summed E-state index contributed by atoms with van der Waals surface area (Å²) >= 11 is 0. The predicted octanol–water partition coefficient (Wildman–Crippen LogP) is 3.99. The average Bonchev–Trinajstić information content (AvgIpc) is 2.43. The maximum absolute atomic E-state index is 13.5. The zero-order valence-corrected chi connectivity index (χ0v) is 10.7. The van der Waals surface area contributed by atoms with Crippen molar-refractivity contribution in [2.24, 2.45) is 5.73 Å². The van der Waals surface area contributed by atoms with E-state index in [1.807, 2.05) is 30.3 Å². The van der Waals surface area contributed by atoms with Crippen LogP contribution in [0, 0.1) is 11.6 Å². The van der Waals surface area contributed by atoms with Gasteiger partial charge in [-0.05, 0) is 30.9 Å². The Labute approximate surface area is 112 Å². The molecule has 2 rings (SSSR count). The van der Waals surface area contributed by atoms with E-state index in [1.54, 1.807) is 6.07 Å². The fourth-order valence-corrected chi connectivity index (χ4v) is 2.13. The molecule has 0 radical (unpaired) electrons. The van der Waals surface area contributed by atoms with Gasteiger partial charge in [-0.3, -0.25) is 0 Å². The zero-order valence-electron chi connectivity index (χ0n) is 10.7. The number of nitrogens with two attached hydrogens (primary N) is 1. The topological polar surface area (TPSA) is 26.0 Å². The van der Waals surface area contributed by atoms with Crippen LogP contribution in [0.15, 0.2) is 48.5 Å². The first-order valence-electron chi connectivity index (χ1n) is 6.42. The lowest BCUT2D eigenvalue weighted by molar-refractivity contribution is 0.480. The van der Waals surface area contributed by atoms with Gasteiger partial charge in [0.1, 0.15) is 0 Å². The van der Waals surface area contributed by atoms with Gasteiger partial charge in [-0.15, -0.1) is 0 Å². The number of aryl methyl sites for hydroxylation is 1. The molecule has 0 aliphatic carbocycles. The van der Waals surface area contributed by atoms with Crippen LogP contribution in [0.5, 0.6) is 0 Å². The third-order valence-electron chi connectivity index (χ3n) is 3.20. The van der Waals surface area contributed by atoms with Crippen molar-refractivity contribution in [2.75, 3.05) is 0 Å². The average molecular weight is 261 g/mol. The van der Waals surface area contributed by atoms with E-state index in [2.05, 4.69) is 0 Å². The van der Waals surface area contributed by atoms with Crippen molar-refractivity contribution in [3.63, 3.8) is 0 Å². The molecule has 0 heterocycles. The maximum atomic E-state index is 13.5. The monoisotopic (exact) mass is 261 g/mol. The summed E-state index contributed by atoms with van der Waals surface area (Å²) in [5.41, 5.74) is 7.41. The second kappa shape index (κ2) is 6.43. The molecule has 19 heavy (non-hydrogen) atoms. The highest BCUT2D eigenvalue weighted by atomic mass is 19.2. The van der Waals surface area contributed by atoms with Crippen molar-refractivity contribution in [2.45, 2.75) is 25.3 Å². The molecule has 2 aromatic carbocycles. The van der Waals surface area contributed by atoms with Crippen molar-refractivity contribution in [3.8, 4) is 0 Å². The summed E-state index contributed by atoms with van der Waals surface area (Å²) in [7, 11) is 0. The summed E-state index contributed by atoms with van der Waals surface area (Å²) in [6.45, 7) is 0. The fourth-order valence-electron chi connectivity index (χ4n) is 2.13. The predicted molar refractivity (Wildman–Crippen MR) is 72.7 cm³/mol. The highest BCUT2D eigenvalue weighted by Gasteiger charge is 2.14. The molecule has 1 atom stereocenters. The smallest absolute Gasteiger partial charge is 0.163 e. The first-order valence-corrected chi connectivity index (χ1v) is 6.42. The van der Waals surface area contributed by atoms with E-state index < -0.39 is 17.7 Å². The van der Waals surface area contributed by atoms with Gasteiger partial charge in [0, 0.05) is 11.6 Å². The van der Waals surface area contributed by atoms with Crippen LogP contribution in [0.3, 0.4) is 0 Å². The van der Waals surface area contributed by atoms with E-state index in [-0.39, 0.29) is 5.56 Å². The molecule has 0 amide bonds. The Kier molecular flexibility index (Phi) is 4.63. The molecule has 2 aromatic rings. The standard InChI is InChI=1S/C16H17F2N/c17-14-10-5-9-13(16(14)18)15(19)11-4-8-12-6-2-1-3-7-12/h1-3,5-7,9-10,15H,4,8,11,19H2. The molecule has 2 N–H and O–H groups in total. The Morgan fingerprint density at radius 1 is 0.947 bits per heavy atom. The van der Waals surface area contributed by atoms with E-state index in [9.17, 15) is 8.78 Å². The summed E-state index contributed by atoms with van der Waals surface area (Å²) in [5.74, 6) is -1.66. The van der Waals surface area contributed by atoms with Gasteiger partial charge in [-0.2, -0.15) is 0 Å². The number of halogens is 2. The highest BCUT2D eigenvalue weighted by molar-refractivity contribution is 5.22. The summed E-state index contributed by atoms with van der Waals surface area (Å²) in [6, 6.07) is 13.7. The van der Waals surface area contributed by atoms with Crippen LogP contribution in [0.1, 0.15) is 30.0 Å². The van der Waals surface area contributed by atoms with Crippen molar-refractivity contribution >= 4 is 0 Å². The van der Waals surface area contributed by atoms with Gasteiger partial charge < -0.3 is 5.73 Å². The molecule has 0 aliphatic rings. The first kappa shape index (κ1) is 13.7.